The van der Waals surface area contributed by atoms with Crippen LogP contribution in [0.2, 0.25) is 5.15 Å². The lowest BCUT2D eigenvalue weighted by atomic mass is 10.2. The van der Waals surface area contributed by atoms with Crippen molar-refractivity contribution in [2.45, 2.75) is 4.90 Å². The molecule has 1 aromatic heterocycles. The van der Waals surface area contributed by atoms with E-state index in [2.05, 4.69) is 9.71 Å². The van der Waals surface area contributed by atoms with E-state index in [0.29, 0.717) is 0 Å². The summed E-state index contributed by atoms with van der Waals surface area (Å²) in [4.78, 5) is 14.2. The van der Waals surface area contributed by atoms with Crippen LogP contribution in [0.15, 0.2) is 41.3 Å². The van der Waals surface area contributed by atoms with Gasteiger partial charge in [-0.25, -0.2) is 22.6 Å². The van der Waals surface area contributed by atoms with Crippen molar-refractivity contribution >= 4 is 33.4 Å². The Morgan fingerprint density at radius 1 is 1.29 bits per heavy atom. The number of hydrogen-bond acceptors (Lipinski definition) is 4. The molecule has 0 aliphatic carbocycles. The fourth-order valence-electron chi connectivity index (χ4n) is 1.50. The number of hydrogen-bond donors (Lipinski definition) is 2. The number of nitrogens with zero attached hydrogens (tertiary/aromatic N) is 1. The Bertz CT molecular complexity index is 811. The van der Waals surface area contributed by atoms with Gasteiger partial charge in [-0.3, -0.25) is 4.72 Å². The molecule has 1 aromatic carbocycles. The topological polar surface area (TPSA) is 96.4 Å². The molecular formula is C12H8ClFN2O4S. The summed E-state index contributed by atoms with van der Waals surface area (Å²) in [6.45, 7) is 0. The van der Waals surface area contributed by atoms with Gasteiger partial charge in [0.25, 0.3) is 10.0 Å². The van der Waals surface area contributed by atoms with E-state index in [1.807, 2.05) is 0 Å². The van der Waals surface area contributed by atoms with Crippen molar-refractivity contribution < 1.29 is 22.7 Å². The Morgan fingerprint density at radius 2 is 2.00 bits per heavy atom. The van der Waals surface area contributed by atoms with Crippen LogP contribution in [0.4, 0.5) is 10.2 Å². The molecule has 9 heteroatoms. The highest BCUT2D eigenvalue weighted by atomic mass is 35.5. The van der Waals surface area contributed by atoms with Gasteiger partial charge in [0, 0.05) is 0 Å². The predicted octanol–water partition coefficient (Wildman–Crippen LogP) is 2.37. The zero-order valence-electron chi connectivity index (χ0n) is 10.2. The van der Waals surface area contributed by atoms with Gasteiger partial charge in [0.1, 0.15) is 16.8 Å². The lowest BCUT2D eigenvalue weighted by Gasteiger charge is -2.08. The van der Waals surface area contributed by atoms with E-state index in [4.69, 9.17) is 16.7 Å². The Morgan fingerprint density at radius 3 is 2.62 bits per heavy atom. The van der Waals surface area contributed by atoms with Gasteiger partial charge in [-0.2, -0.15) is 0 Å². The van der Waals surface area contributed by atoms with E-state index < -0.39 is 32.3 Å². The molecule has 110 valence electrons. The number of halogens is 2. The summed E-state index contributed by atoms with van der Waals surface area (Å²) in [6, 6.07) is 6.76. The summed E-state index contributed by atoms with van der Waals surface area (Å²) >= 11 is 5.63. The second kappa shape index (κ2) is 5.66. The van der Waals surface area contributed by atoms with Gasteiger partial charge in [-0.15, -0.1) is 0 Å². The molecule has 0 fully saturated rings. The summed E-state index contributed by atoms with van der Waals surface area (Å²) in [5.74, 6) is -2.63. The number of rotatable bonds is 4. The van der Waals surface area contributed by atoms with Crippen molar-refractivity contribution in [2.24, 2.45) is 0 Å². The number of carboxylic acids is 1. The Labute approximate surface area is 124 Å². The number of nitrogens with one attached hydrogen (secondary N) is 1. The first-order chi connectivity index (χ1) is 9.79. The Hall–Kier alpha value is -2.19. The zero-order valence-corrected chi connectivity index (χ0v) is 11.8. The van der Waals surface area contributed by atoms with Crippen LogP contribution in [-0.2, 0) is 10.0 Å². The van der Waals surface area contributed by atoms with Gasteiger partial charge >= 0.3 is 5.97 Å². The van der Waals surface area contributed by atoms with Gasteiger partial charge in [0.05, 0.1) is 10.5 Å². The van der Waals surface area contributed by atoms with E-state index in [1.54, 1.807) is 0 Å². The number of benzene rings is 1. The highest BCUT2D eigenvalue weighted by Crippen LogP contribution is 2.19. The van der Waals surface area contributed by atoms with Crippen LogP contribution < -0.4 is 4.72 Å². The number of anilines is 1. The van der Waals surface area contributed by atoms with Gasteiger partial charge in [-0.1, -0.05) is 17.7 Å². The van der Waals surface area contributed by atoms with E-state index in [9.17, 15) is 17.6 Å². The maximum Gasteiger partial charge on any atom is 0.338 e. The highest BCUT2D eigenvalue weighted by molar-refractivity contribution is 7.92. The van der Waals surface area contributed by atoms with Crippen LogP contribution in [0.3, 0.4) is 0 Å². The van der Waals surface area contributed by atoms with Crippen LogP contribution in [0.5, 0.6) is 0 Å². The number of sulfonamides is 1. The SMILES string of the molecule is O=C(O)c1cc(S(=O)(=O)Nc2cccc(Cl)n2)ccc1F. The molecule has 0 aliphatic heterocycles. The van der Waals surface area contributed by atoms with Crippen molar-refractivity contribution in [1.82, 2.24) is 4.98 Å². The number of carboxylic acid groups (broad SMARTS) is 1. The molecule has 0 atom stereocenters. The first-order valence-electron chi connectivity index (χ1n) is 5.48. The highest BCUT2D eigenvalue weighted by Gasteiger charge is 2.19. The molecule has 6 nitrogen and oxygen atoms in total. The van der Waals surface area contributed by atoms with E-state index in [0.717, 1.165) is 18.2 Å². The van der Waals surface area contributed by atoms with Crippen molar-refractivity contribution in [3.8, 4) is 0 Å². The van der Waals surface area contributed by atoms with Crippen molar-refractivity contribution in [2.75, 3.05) is 4.72 Å². The average molecular weight is 331 g/mol. The maximum absolute atomic E-state index is 13.3. The third kappa shape index (κ3) is 3.47. The molecule has 2 aromatic rings. The van der Waals surface area contributed by atoms with E-state index in [1.165, 1.54) is 18.2 Å². The minimum atomic E-state index is -4.10. The van der Waals surface area contributed by atoms with E-state index in [-0.39, 0.29) is 11.0 Å². The van der Waals surface area contributed by atoms with Crippen molar-refractivity contribution in [3.63, 3.8) is 0 Å². The van der Waals surface area contributed by atoms with Crippen LogP contribution in [-0.4, -0.2) is 24.5 Å². The van der Waals surface area contributed by atoms with E-state index >= 15 is 0 Å². The number of aromatic nitrogens is 1. The molecule has 0 radical (unpaired) electrons. The third-order valence-corrected chi connectivity index (χ3v) is 4.00. The summed E-state index contributed by atoms with van der Waals surface area (Å²) in [5.41, 5.74) is -0.739. The minimum absolute atomic E-state index is 0.0382. The standard InChI is InChI=1S/C12H8ClFN2O4S/c13-10-2-1-3-11(15-10)16-21(19,20)7-4-5-9(14)8(6-7)12(17)18/h1-6H,(H,15,16)(H,17,18). The van der Waals surface area contributed by atoms with Crippen LogP contribution in [0, 0.1) is 5.82 Å². The van der Waals surface area contributed by atoms with Crippen LogP contribution >= 0.6 is 11.6 Å². The van der Waals surface area contributed by atoms with Crippen molar-refractivity contribution in [3.05, 3.63) is 52.9 Å². The fourth-order valence-corrected chi connectivity index (χ4v) is 2.69. The molecule has 2 rings (SSSR count). The molecule has 0 saturated carbocycles. The van der Waals surface area contributed by atoms with Gasteiger partial charge < -0.3 is 5.11 Å². The van der Waals surface area contributed by atoms with Crippen LogP contribution in [0.1, 0.15) is 10.4 Å². The lowest BCUT2D eigenvalue weighted by Crippen LogP contribution is -2.15. The molecule has 0 bridgehead atoms. The summed E-state index contributed by atoms with van der Waals surface area (Å²) in [5, 5.41) is 8.88. The molecule has 0 spiro atoms. The third-order valence-electron chi connectivity index (χ3n) is 2.43. The molecule has 21 heavy (non-hydrogen) atoms. The molecule has 0 unspecified atom stereocenters. The monoisotopic (exact) mass is 330 g/mol. The van der Waals surface area contributed by atoms with Crippen molar-refractivity contribution in [1.29, 1.82) is 0 Å². The summed E-state index contributed by atoms with van der Waals surface area (Å²) in [7, 11) is -4.10. The molecule has 2 N–H and O–H groups in total. The summed E-state index contributed by atoms with van der Waals surface area (Å²) < 4.78 is 39.6. The Kier molecular flexibility index (Phi) is 4.10. The molecule has 0 aliphatic rings. The van der Waals surface area contributed by atoms with Gasteiger partial charge in [-0.05, 0) is 30.3 Å². The number of pyridine rings is 1. The molecule has 0 amide bonds. The largest absolute Gasteiger partial charge is 0.478 e. The first-order valence-corrected chi connectivity index (χ1v) is 7.34. The number of aromatic carboxylic acids is 1. The Balaban J connectivity index is 2.40. The number of carbonyl (C=O) groups is 1. The van der Waals surface area contributed by atoms with Gasteiger partial charge in [0.15, 0.2) is 0 Å². The van der Waals surface area contributed by atoms with Gasteiger partial charge in [0.2, 0.25) is 0 Å². The second-order valence-electron chi connectivity index (χ2n) is 3.90. The second-order valence-corrected chi connectivity index (χ2v) is 5.97. The molecule has 1 heterocycles. The fraction of sp³-hybridized carbons (Fsp3) is 0. The predicted molar refractivity (Wildman–Crippen MR) is 73.4 cm³/mol. The lowest BCUT2D eigenvalue weighted by molar-refractivity contribution is 0.0691. The summed E-state index contributed by atoms with van der Waals surface area (Å²) in [6.07, 6.45) is 0. The zero-order chi connectivity index (χ0) is 15.6. The normalized spacial score (nSPS) is 11.1. The minimum Gasteiger partial charge on any atom is -0.478 e. The molecular weight excluding hydrogens is 323 g/mol. The van der Waals surface area contributed by atoms with Crippen LogP contribution in [0.25, 0.3) is 0 Å². The smallest absolute Gasteiger partial charge is 0.338 e. The first kappa shape index (κ1) is 15.2. The maximum atomic E-state index is 13.3. The average Bonchev–Trinajstić information content (AvgIpc) is 2.38. The quantitative estimate of drug-likeness (QED) is 0.839. The molecule has 0 saturated heterocycles.